The van der Waals surface area contributed by atoms with E-state index in [0.29, 0.717) is 44.0 Å². The van der Waals surface area contributed by atoms with Crippen LogP contribution in [0.25, 0.3) is 21.8 Å². The minimum atomic E-state index is -0.305. The molecule has 0 radical (unpaired) electrons. The van der Waals surface area contributed by atoms with E-state index in [9.17, 15) is 22.8 Å². The smallest absolute Gasteiger partial charge is 0.270 e. The summed E-state index contributed by atoms with van der Waals surface area (Å²) in [5, 5.41) is 1.59. The zero-order chi connectivity index (χ0) is 31.1. The molecule has 2 aromatic heterocycles. The van der Waals surface area contributed by atoms with Gasteiger partial charge < -0.3 is 19.8 Å². The van der Waals surface area contributed by atoms with Crippen LogP contribution in [0.3, 0.4) is 0 Å². The number of benzene rings is 4. The highest BCUT2D eigenvalue weighted by molar-refractivity contribution is 6.03. The van der Waals surface area contributed by atoms with Crippen molar-refractivity contribution >= 4 is 33.6 Å². The Morgan fingerprint density at radius 1 is 0.556 bits per heavy atom. The molecule has 2 aliphatic rings. The third kappa shape index (κ3) is 5.57. The van der Waals surface area contributed by atoms with Crippen molar-refractivity contribution in [1.82, 2.24) is 19.8 Å². The number of carbonyl (C=O) groups excluding carboxylic acids is 2. The second-order valence-corrected chi connectivity index (χ2v) is 11.4. The van der Waals surface area contributed by atoms with Gasteiger partial charge in [-0.05, 0) is 83.6 Å². The van der Waals surface area contributed by atoms with Crippen LogP contribution in [-0.4, -0.2) is 44.7 Å². The van der Waals surface area contributed by atoms with E-state index in [0.717, 1.165) is 50.5 Å². The molecule has 0 saturated carbocycles. The summed E-state index contributed by atoms with van der Waals surface area (Å²) in [6.45, 7) is 2.25. The molecule has 0 bridgehead atoms. The number of rotatable bonds is 4. The van der Waals surface area contributed by atoms with E-state index >= 15 is 0 Å². The number of hydrogen-bond acceptors (Lipinski definition) is 2. The highest BCUT2D eigenvalue weighted by atomic mass is 19.1. The Kier molecular flexibility index (Phi) is 7.37. The molecule has 0 aliphatic carbocycles. The Morgan fingerprint density at radius 3 is 1.49 bits per heavy atom. The molecule has 4 aromatic carbocycles. The molecule has 2 aliphatic heterocycles. The zero-order valence-corrected chi connectivity index (χ0v) is 24.2. The van der Waals surface area contributed by atoms with Gasteiger partial charge in [-0.2, -0.15) is 0 Å². The molecule has 4 heterocycles. The largest absolute Gasteiger partial charge is 0.350 e. The summed E-state index contributed by atoms with van der Waals surface area (Å²) in [4.78, 5) is 35.2. The summed E-state index contributed by atoms with van der Waals surface area (Å²) in [5.74, 6) is -0.985. The van der Waals surface area contributed by atoms with Crippen LogP contribution in [0.2, 0.25) is 0 Å². The van der Waals surface area contributed by atoms with Gasteiger partial charge in [-0.25, -0.2) is 13.2 Å². The average molecular weight is 607 g/mol. The van der Waals surface area contributed by atoms with Crippen molar-refractivity contribution in [2.24, 2.45) is 0 Å². The normalized spacial score (nSPS) is 14.4. The lowest BCUT2D eigenvalue weighted by molar-refractivity contribution is 0.0715. The molecule has 9 heteroatoms. The topological polar surface area (TPSA) is 72.2 Å². The first kappa shape index (κ1) is 28.5. The van der Waals surface area contributed by atoms with Crippen LogP contribution in [0.15, 0.2) is 91.0 Å². The molecule has 6 aromatic rings. The molecule has 0 atom stereocenters. The molecule has 45 heavy (non-hydrogen) atoms. The first-order valence-electron chi connectivity index (χ1n) is 14.8. The second-order valence-electron chi connectivity index (χ2n) is 11.4. The van der Waals surface area contributed by atoms with Crippen LogP contribution in [0, 0.1) is 17.5 Å². The van der Waals surface area contributed by atoms with Crippen LogP contribution < -0.4 is 0 Å². The maximum Gasteiger partial charge on any atom is 0.270 e. The number of aromatic nitrogens is 2. The average Bonchev–Trinajstić information content (AvgIpc) is 3.60. The summed E-state index contributed by atoms with van der Waals surface area (Å²) in [7, 11) is 0. The van der Waals surface area contributed by atoms with Gasteiger partial charge >= 0.3 is 0 Å². The Hall–Kier alpha value is -5.31. The van der Waals surface area contributed by atoms with Gasteiger partial charge in [0.25, 0.3) is 11.8 Å². The van der Waals surface area contributed by atoms with Gasteiger partial charge in [0.05, 0.1) is 0 Å². The van der Waals surface area contributed by atoms with Crippen molar-refractivity contribution in [1.29, 1.82) is 0 Å². The number of nitrogens with zero attached hydrogens (tertiary/aromatic N) is 2. The summed E-state index contributed by atoms with van der Waals surface area (Å²) in [5.41, 5.74) is 6.52. The first-order valence-corrected chi connectivity index (χ1v) is 14.8. The predicted octanol–water partition coefficient (Wildman–Crippen LogP) is 7.15. The predicted molar refractivity (Wildman–Crippen MR) is 166 cm³/mol. The number of halogens is 3. The maximum atomic E-state index is 13.4. The van der Waals surface area contributed by atoms with Crippen molar-refractivity contribution in [3.05, 3.63) is 142 Å². The van der Waals surface area contributed by atoms with Gasteiger partial charge in [0.15, 0.2) is 0 Å². The van der Waals surface area contributed by atoms with E-state index in [2.05, 4.69) is 9.97 Å². The van der Waals surface area contributed by atoms with Crippen LogP contribution in [0.1, 0.15) is 43.2 Å². The van der Waals surface area contributed by atoms with Crippen LogP contribution in [0.4, 0.5) is 13.2 Å². The van der Waals surface area contributed by atoms with Gasteiger partial charge in [-0.15, -0.1) is 0 Å². The van der Waals surface area contributed by atoms with Crippen LogP contribution in [-0.2, 0) is 25.9 Å². The van der Waals surface area contributed by atoms with E-state index in [1.165, 1.54) is 36.4 Å². The second kappa shape index (κ2) is 11.6. The summed E-state index contributed by atoms with van der Waals surface area (Å²) in [6.07, 6.45) is 1.42. The van der Waals surface area contributed by atoms with Gasteiger partial charge in [0.1, 0.15) is 28.8 Å². The minimum absolute atomic E-state index is 0.0123. The van der Waals surface area contributed by atoms with Crippen molar-refractivity contribution in [2.45, 2.75) is 25.9 Å². The lowest BCUT2D eigenvalue weighted by Crippen LogP contribution is -2.36. The molecule has 226 valence electrons. The lowest BCUT2D eigenvalue weighted by Gasteiger charge is -2.27. The number of hydrogen-bond donors (Lipinski definition) is 2. The monoisotopic (exact) mass is 606 g/mol. The maximum absolute atomic E-state index is 13.4. The number of aromatic amines is 2. The van der Waals surface area contributed by atoms with Crippen molar-refractivity contribution < 1.29 is 22.8 Å². The molecule has 0 unspecified atom stereocenters. The third-order valence-corrected chi connectivity index (χ3v) is 8.50. The van der Waals surface area contributed by atoms with Crippen molar-refractivity contribution in [3.8, 4) is 0 Å². The Morgan fingerprint density at radius 2 is 1.00 bits per heavy atom. The van der Waals surface area contributed by atoms with Gasteiger partial charge in [-0.3, -0.25) is 9.59 Å². The number of H-pyrrole nitrogens is 2. The van der Waals surface area contributed by atoms with Gasteiger partial charge in [-0.1, -0.05) is 42.5 Å². The Bertz CT molecular complexity index is 2050. The molecular formula is C36H29F3N4O2. The van der Waals surface area contributed by atoms with E-state index in [1.54, 1.807) is 29.2 Å². The minimum Gasteiger partial charge on any atom is -0.350 e. The summed E-state index contributed by atoms with van der Waals surface area (Å²) < 4.78 is 39.8. The van der Waals surface area contributed by atoms with Crippen LogP contribution >= 0.6 is 0 Å². The number of carbonyl (C=O) groups is 2. The van der Waals surface area contributed by atoms with Gasteiger partial charge in [0, 0.05) is 48.0 Å². The van der Waals surface area contributed by atoms with Gasteiger partial charge in [0.2, 0.25) is 0 Å². The fraction of sp³-hybridized carbons (Fsp3) is 0.167. The molecule has 0 fully saturated rings. The third-order valence-electron chi connectivity index (χ3n) is 8.50. The molecule has 6 nitrogen and oxygen atoms in total. The SMILES string of the molecule is O=C1c2[nH]c3ccc(F)cc3c2CCN1Cc1ccc(F)cc1.O=C1c2[nH]c3ccc(F)cc3c2CCN1Cc1ccccc1. The number of amides is 2. The standard InChI is InChI=1S/C18H14F2N2O.C18H15FN2O/c19-12-3-1-11(2-4-12)10-22-8-7-14-15-9-13(20)5-6-16(15)21-17(14)18(22)23;19-13-6-7-16-15(10-13)14-8-9-21(18(22)17(14)20-16)11-12-4-2-1-3-5-12/h1-6,9,21H,7-8,10H2;1-7,10,20H,8-9,11H2. The molecule has 0 spiro atoms. The molecule has 8 rings (SSSR count). The van der Waals surface area contributed by atoms with Crippen LogP contribution in [0.5, 0.6) is 0 Å². The summed E-state index contributed by atoms with van der Waals surface area (Å²) in [6, 6.07) is 25.2. The van der Waals surface area contributed by atoms with Crippen molar-refractivity contribution in [3.63, 3.8) is 0 Å². The molecular weight excluding hydrogens is 577 g/mol. The molecule has 2 amide bonds. The quantitative estimate of drug-likeness (QED) is 0.224. The van der Waals surface area contributed by atoms with E-state index in [-0.39, 0.29) is 29.3 Å². The van der Waals surface area contributed by atoms with Crippen molar-refractivity contribution in [2.75, 3.05) is 13.1 Å². The fourth-order valence-corrected chi connectivity index (χ4v) is 6.25. The fourth-order valence-electron chi connectivity index (χ4n) is 6.25. The Balaban J connectivity index is 0.000000145. The Labute approximate surface area is 257 Å². The van der Waals surface area contributed by atoms with E-state index < -0.39 is 0 Å². The number of fused-ring (bicyclic) bond motifs is 6. The highest BCUT2D eigenvalue weighted by Gasteiger charge is 2.29. The number of nitrogens with one attached hydrogen (secondary N) is 2. The van der Waals surface area contributed by atoms with E-state index in [1.807, 2.05) is 35.2 Å². The van der Waals surface area contributed by atoms with E-state index in [4.69, 9.17) is 0 Å². The molecule has 2 N–H and O–H groups in total. The molecule has 0 saturated heterocycles. The summed E-state index contributed by atoms with van der Waals surface area (Å²) >= 11 is 0. The highest BCUT2D eigenvalue weighted by Crippen LogP contribution is 2.30. The lowest BCUT2D eigenvalue weighted by atomic mass is 10.0. The zero-order valence-electron chi connectivity index (χ0n) is 24.2. The first-order chi connectivity index (χ1) is 21.8.